The van der Waals surface area contributed by atoms with E-state index in [1.165, 1.54) is 29.2 Å². The van der Waals surface area contributed by atoms with E-state index in [-0.39, 0.29) is 30.3 Å². The van der Waals surface area contributed by atoms with E-state index in [2.05, 4.69) is 46.4 Å². The lowest BCUT2D eigenvalue weighted by atomic mass is 9.88. The van der Waals surface area contributed by atoms with Crippen LogP contribution in [0.1, 0.15) is 56.9 Å². The van der Waals surface area contributed by atoms with Crippen molar-refractivity contribution in [3.63, 3.8) is 0 Å². The van der Waals surface area contributed by atoms with Crippen molar-refractivity contribution in [2.24, 2.45) is 11.8 Å². The number of nitrogens with zero attached hydrogens (tertiary/aromatic N) is 2. The van der Waals surface area contributed by atoms with Crippen LogP contribution in [0.25, 0.3) is 11.1 Å². The summed E-state index contributed by atoms with van der Waals surface area (Å²) in [6.45, 7) is 1.01. The number of anilines is 1. The number of nitrogens with one attached hydrogen (secondary N) is 2. The fraction of sp³-hybridized carbons (Fsp3) is 0.432. The van der Waals surface area contributed by atoms with Gasteiger partial charge in [-0.3, -0.25) is 14.5 Å². The van der Waals surface area contributed by atoms with Crippen molar-refractivity contribution in [2.75, 3.05) is 39.0 Å². The third-order valence-electron chi connectivity index (χ3n) is 8.79. The van der Waals surface area contributed by atoms with Gasteiger partial charge in [0.15, 0.2) is 0 Å². The Morgan fingerprint density at radius 2 is 1.52 bits per heavy atom. The first kappa shape index (κ1) is 36.8. The Kier molecular flexibility index (Phi) is 13.7. The molecule has 10 nitrogen and oxygen atoms in total. The molecule has 0 spiro atoms. The molecule has 1 atom stereocenters. The normalized spacial score (nSPS) is 14.4. The second-order valence-corrected chi connectivity index (χ2v) is 14.6. The van der Waals surface area contributed by atoms with Crippen molar-refractivity contribution in [1.82, 2.24) is 14.5 Å². The summed E-state index contributed by atoms with van der Waals surface area (Å²) < 4.78 is 27.9. The maximum atomic E-state index is 14.0. The van der Waals surface area contributed by atoms with Crippen LogP contribution in [0, 0.1) is 11.8 Å². The highest BCUT2D eigenvalue weighted by atomic mass is 32.2. The first-order valence-corrected chi connectivity index (χ1v) is 18.2. The molecule has 0 bridgehead atoms. The van der Waals surface area contributed by atoms with E-state index >= 15 is 0 Å². The molecule has 1 aliphatic rings. The Morgan fingerprint density at radius 1 is 0.875 bits per heavy atom. The quantitative estimate of drug-likeness (QED) is 0.163. The van der Waals surface area contributed by atoms with E-state index in [0.717, 1.165) is 48.8 Å². The molecule has 48 heavy (non-hydrogen) atoms. The van der Waals surface area contributed by atoms with Crippen molar-refractivity contribution in [3.05, 3.63) is 84.4 Å². The second-order valence-electron chi connectivity index (χ2n) is 12.9. The summed E-state index contributed by atoms with van der Waals surface area (Å²) in [6.07, 6.45) is 6.17. The van der Waals surface area contributed by atoms with E-state index < -0.39 is 33.8 Å². The molecule has 1 fully saturated rings. The lowest BCUT2D eigenvalue weighted by Gasteiger charge is -2.31. The fourth-order valence-corrected chi connectivity index (χ4v) is 7.11. The van der Waals surface area contributed by atoms with Gasteiger partial charge in [0.25, 0.3) is 0 Å². The molecular formula is C37H48N4O6S. The number of aryl methyl sites for hydroxylation is 1. The van der Waals surface area contributed by atoms with Gasteiger partial charge >= 0.3 is 12.0 Å². The predicted molar refractivity (Wildman–Crippen MR) is 188 cm³/mol. The molecule has 4 rings (SSSR count). The van der Waals surface area contributed by atoms with Gasteiger partial charge < -0.3 is 15.3 Å². The first-order valence-electron chi connectivity index (χ1n) is 16.7. The van der Waals surface area contributed by atoms with Crippen LogP contribution in [-0.2, 0) is 26.0 Å². The standard InChI is InChI=1S/C37H48N4O6S/c1-40(2)25-24-38-48(46,47)34-22-20-33(21-23-34)39-37(45)41(27-29-10-5-3-6-11-29)36(44)32(26-35(42)43)15-9-12-28-16-18-31(19-17-28)30-13-7-4-8-14-30/h4,7-8,13-14,16-23,29,32,38H,3,5-6,9-12,15,24-27H2,1-2H3,(H,39,45)(H,42,43). The molecule has 0 aliphatic heterocycles. The van der Waals surface area contributed by atoms with Crippen LogP contribution in [0.4, 0.5) is 10.5 Å². The van der Waals surface area contributed by atoms with E-state index in [0.29, 0.717) is 31.5 Å². The smallest absolute Gasteiger partial charge is 0.328 e. The molecule has 1 unspecified atom stereocenters. The number of likely N-dealkylation sites (N-methyl/N-ethyl adjacent to an activating group) is 1. The van der Waals surface area contributed by atoms with E-state index in [1.807, 2.05) is 37.2 Å². The third-order valence-corrected chi connectivity index (χ3v) is 10.3. The van der Waals surface area contributed by atoms with Crippen LogP contribution < -0.4 is 10.0 Å². The predicted octanol–water partition coefficient (Wildman–Crippen LogP) is 6.25. The molecular weight excluding hydrogens is 628 g/mol. The van der Waals surface area contributed by atoms with Crippen LogP contribution in [0.3, 0.4) is 0 Å². The number of hydrogen-bond donors (Lipinski definition) is 3. The van der Waals surface area contributed by atoms with E-state index in [4.69, 9.17) is 0 Å². The van der Waals surface area contributed by atoms with Gasteiger partial charge in [-0.25, -0.2) is 17.9 Å². The number of aliphatic carboxylic acids is 1. The van der Waals surface area contributed by atoms with Crippen LogP contribution in [0.5, 0.6) is 0 Å². The van der Waals surface area contributed by atoms with Gasteiger partial charge in [-0.2, -0.15) is 0 Å². The highest BCUT2D eigenvalue weighted by molar-refractivity contribution is 7.89. The minimum Gasteiger partial charge on any atom is -0.481 e. The van der Waals surface area contributed by atoms with E-state index in [1.54, 1.807) is 0 Å². The van der Waals surface area contributed by atoms with Gasteiger partial charge in [0.05, 0.1) is 11.3 Å². The van der Waals surface area contributed by atoms with Gasteiger partial charge in [-0.1, -0.05) is 73.9 Å². The first-order chi connectivity index (χ1) is 23.0. The summed E-state index contributed by atoms with van der Waals surface area (Å²) in [5.74, 6) is -2.30. The average Bonchev–Trinajstić information content (AvgIpc) is 3.07. The highest BCUT2D eigenvalue weighted by Crippen LogP contribution is 2.27. The SMILES string of the molecule is CN(C)CCNS(=O)(=O)c1ccc(NC(=O)N(CC2CCCCC2)C(=O)C(CCCc2ccc(-c3ccccc3)cc2)CC(=O)O)cc1. The number of sulfonamides is 1. The Bertz CT molecular complexity index is 1590. The molecule has 0 radical (unpaired) electrons. The Balaban J connectivity index is 1.43. The molecule has 0 aromatic heterocycles. The fourth-order valence-electron chi connectivity index (χ4n) is 6.09. The number of imide groups is 1. The van der Waals surface area contributed by atoms with Crippen molar-refractivity contribution >= 4 is 33.6 Å². The van der Waals surface area contributed by atoms with Crippen molar-refractivity contribution in [3.8, 4) is 11.1 Å². The summed E-state index contributed by atoms with van der Waals surface area (Å²) >= 11 is 0. The molecule has 258 valence electrons. The molecule has 0 saturated heterocycles. The molecule has 3 aromatic rings. The number of hydrogen-bond acceptors (Lipinski definition) is 6. The maximum Gasteiger partial charge on any atom is 0.328 e. The molecule has 1 aliphatic carbocycles. The maximum absolute atomic E-state index is 14.0. The Hall–Kier alpha value is -4.06. The highest BCUT2D eigenvalue weighted by Gasteiger charge is 2.32. The van der Waals surface area contributed by atoms with Gasteiger partial charge in [-0.15, -0.1) is 0 Å². The summed E-state index contributed by atoms with van der Waals surface area (Å²) in [4.78, 5) is 42.6. The minimum absolute atomic E-state index is 0.0608. The van der Waals surface area contributed by atoms with Gasteiger partial charge in [0.2, 0.25) is 15.9 Å². The number of carbonyl (C=O) groups is 3. The number of carbonyl (C=O) groups excluding carboxylic acids is 2. The monoisotopic (exact) mass is 676 g/mol. The third kappa shape index (κ3) is 11.3. The summed E-state index contributed by atoms with van der Waals surface area (Å²) in [5.41, 5.74) is 3.66. The molecule has 11 heteroatoms. The Morgan fingerprint density at radius 3 is 2.15 bits per heavy atom. The summed E-state index contributed by atoms with van der Waals surface area (Å²) in [6, 6.07) is 23.4. The molecule has 3 amide bonds. The summed E-state index contributed by atoms with van der Waals surface area (Å²) in [7, 11) is -0.0241. The van der Waals surface area contributed by atoms with Crippen LogP contribution in [0.15, 0.2) is 83.8 Å². The molecule has 0 heterocycles. The zero-order valence-corrected chi connectivity index (χ0v) is 28.8. The number of rotatable bonds is 16. The molecule has 1 saturated carbocycles. The van der Waals surface area contributed by atoms with Crippen LogP contribution in [-0.4, -0.2) is 75.0 Å². The topological polar surface area (TPSA) is 136 Å². The van der Waals surface area contributed by atoms with Gasteiger partial charge in [-0.05, 0) is 93.1 Å². The number of benzene rings is 3. The van der Waals surface area contributed by atoms with E-state index in [9.17, 15) is 27.9 Å². The largest absolute Gasteiger partial charge is 0.481 e. The van der Waals surface area contributed by atoms with Gasteiger partial charge in [0, 0.05) is 31.2 Å². The second kappa shape index (κ2) is 17.9. The number of amides is 3. The van der Waals surface area contributed by atoms with Crippen molar-refractivity contribution in [2.45, 2.75) is 62.7 Å². The average molecular weight is 677 g/mol. The zero-order valence-electron chi connectivity index (χ0n) is 27.9. The number of carboxylic acids is 1. The van der Waals surface area contributed by atoms with Crippen LogP contribution >= 0.6 is 0 Å². The summed E-state index contributed by atoms with van der Waals surface area (Å²) in [5, 5.41) is 12.5. The lowest BCUT2D eigenvalue weighted by molar-refractivity contribution is -0.143. The number of urea groups is 1. The molecule has 3 N–H and O–H groups in total. The van der Waals surface area contributed by atoms with Crippen molar-refractivity contribution in [1.29, 1.82) is 0 Å². The zero-order chi connectivity index (χ0) is 34.5. The van der Waals surface area contributed by atoms with Crippen LogP contribution in [0.2, 0.25) is 0 Å². The van der Waals surface area contributed by atoms with Gasteiger partial charge in [0.1, 0.15) is 0 Å². The molecule has 3 aromatic carbocycles. The Labute approximate surface area is 284 Å². The number of carboxylic acid groups (broad SMARTS) is 1. The van der Waals surface area contributed by atoms with Crippen molar-refractivity contribution < 1.29 is 27.9 Å². The lowest BCUT2D eigenvalue weighted by Crippen LogP contribution is -2.46. The minimum atomic E-state index is -3.73.